The maximum absolute atomic E-state index is 11.1. The van der Waals surface area contributed by atoms with Crippen LogP contribution in [0.1, 0.15) is 48.4 Å². The van der Waals surface area contributed by atoms with E-state index >= 15 is 0 Å². The van der Waals surface area contributed by atoms with E-state index in [1.165, 1.54) is 5.56 Å². The summed E-state index contributed by atoms with van der Waals surface area (Å²) in [5.41, 5.74) is 6.17. The summed E-state index contributed by atoms with van der Waals surface area (Å²) in [5.74, 6) is 0.904. The van der Waals surface area contributed by atoms with Gasteiger partial charge in [0, 0.05) is 22.7 Å². The molecule has 0 fully saturated rings. The average molecular weight is 319 g/mol. The number of aromatic nitrogens is 3. The summed E-state index contributed by atoms with van der Waals surface area (Å²) < 4.78 is 0. The fraction of sp³-hybridized carbons (Fsp3) is 0.250. The van der Waals surface area contributed by atoms with Crippen LogP contribution >= 0.6 is 0 Å². The van der Waals surface area contributed by atoms with Gasteiger partial charge in [-0.05, 0) is 42.2 Å². The molecular weight excluding hydrogens is 298 g/mol. The molecule has 0 aliphatic rings. The van der Waals surface area contributed by atoms with E-state index in [0.29, 0.717) is 11.7 Å². The lowest BCUT2D eigenvalue weighted by Crippen LogP contribution is -2.08. The van der Waals surface area contributed by atoms with E-state index in [2.05, 4.69) is 41.8 Å². The monoisotopic (exact) mass is 319 g/mol. The maximum atomic E-state index is 11.1. The highest BCUT2D eigenvalue weighted by molar-refractivity contribution is 5.88. The Labute approximate surface area is 140 Å². The summed E-state index contributed by atoms with van der Waals surface area (Å²) in [5, 5.41) is 12.2. The van der Waals surface area contributed by atoms with E-state index in [1.807, 2.05) is 36.5 Å². The minimum Gasteiger partial charge on any atom is -0.380 e. The molecule has 3 N–H and O–H groups in total. The molecule has 4 heteroatoms. The highest BCUT2D eigenvalue weighted by Gasteiger charge is 2.23. The SMILES string of the molecule is Cc1cc(C(C)C)c(C(O)c2nc3ccccc3[nH]2)c2cc[nH]c12. The van der Waals surface area contributed by atoms with Crippen molar-refractivity contribution < 1.29 is 5.11 Å². The Morgan fingerprint density at radius 2 is 1.92 bits per heavy atom. The van der Waals surface area contributed by atoms with Gasteiger partial charge in [0.2, 0.25) is 0 Å². The number of hydrogen-bond acceptors (Lipinski definition) is 2. The minimum absolute atomic E-state index is 0.317. The summed E-state index contributed by atoms with van der Waals surface area (Å²) >= 11 is 0. The fourth-order valence-electron chi connectivity index (χ4n) is 3.48. The van der Waals surface area contributed by atoms with Gasteiger partial charge in [-0.1, -0.05) is 32.0 Å². The second-order valence-electron chi connectivity index (χ2n) is 6.66. The average Bonchev–Trinajstić information content (AvgIpc) is 3.20. The summed E-state index contributed by atoms with van der Waals surface area (Å²) in [6.45, 7) is 6.41. The Morgan fingerprint density at radius 3 is 2.67 bits per heavy atom. The molecule has 0 saturated heterocycles. The largest absolute Gasteiger partial charge is 0.380 e. The molecule has 0 aliphatic heterocycles. The smallest absolute Gasteiger partial charge is 0.140 e. The van der Waals surface area contributed by atoms with Crippen molar-refractivity contribution in [2.75, 3.05) is 0 Å². The van der Waals surface area contributed by atoms with E-state index in [4.69, 9.17) is 0 Å². The normalized spacial score (nSPS) is 13.2. The van der Waals surface area contributed by atoms with Gasteiger partial charge in [-0.2, -0.15) is 0 Å². The first kappa shape index (κ1) is 15.0. The first-order chi connectivity index (χ1) is 11.6. The number of benzene rings is 2. The Bertz CT molecular complexity index is 993. The lowest BCUT2D eigenvalue weighted by Gasteiger charge is -2.19. The van der Waals surface area contributed by atoms with Crippen LogP contribution in [-0.2, 0) is 0 Å². The second kappa shape index (κ2) is 5.49. The van der Waals surface area contributed by atoms with E-state index < -0.39 is 6.10 Å². The Hall–Kier alpha value is -2.59. The Morgan fingerprint density at radius 1 is 1.12 bits per heavy atom. The van der Waals surface area contributed by atoms with Crippen LogP contribution in [0.15, 0.2) is 42.6 Å². The van der Waals surface area contributed by atoms with Crippen LogP contribution in [0, 0.1) is 6.92 Å². The fourth-order valence-corrected chi connectivity index (χ4v) is 3.48. The number of nitrogens with one attached hydrogen (secondary N) is 2. The molecule has 2 aromatic carbocycles. The molecule has 0 amide bonds. The van der Waals surface area contributed by atoms with E-state index in [9.17, 15) is 5.11 Å². The van der Waals surface area contributed by atoms with Crippen molar-refractivity contribution in [3.05, 3.63) is 65.1 Å². The van der Waals surface area contributed by atoms with Gasteiger partial charge in [-0.3, -0.25) is 0 Å². The predicted molar refractivity (Wildman–Crippen MR) is 97.3 cm³/mol. The van der Waals surface area contributed by atoms with Gasteiger partial charge in [0.1, 0.15) is 11.9 Å². The van der Waals surface area contributed by atoms with E-state index in [-0.39, 0.29) is 0 Å². The third-order valence-electron chi connectivity index (χ3n) is 4.68. The van der Waals surface area contributed by atoms with Gasteiger partial charge in [-0.25, -0.2) is 4.98 Å². The van der Waals surface area contributed by atoms with Crippen LogP contribution in [0.4, 0.5) is 0 Å². The maximum Gasteiger partial charge on any atom is 0.140 e. The zero-order valence-electron chi connectivity index (χ0n) is 14.1. The van der Waals surface area contributed by atoms with E-state index in [1.54, 1.807) is 0 Å². The van der Waals surface area contributed by atoms with Crippen molar-refractivity contribution in [2.45, 2.75) is 32.8 Å². The van der Waals surface area contributed by atoms with Crippen LogP contribution in [0.3, 0.4) is 0 Å². The van der Waals surface area contributed by atoms with Crippen molar-refractivity contribution in [2.24, 2.45) is 0 Å². The first-order valence-corrected chi connectivity index (χ1v) is 8.29. The second-order valence-corrected chi connectivity index (χ2v) is 6.66. The molecule has 2 aromatic heterocycles. The molecule has 24 heavy (non-hydrogen) atoms. The molecular formula is C20H21N3O. The number of fused-ring (bicyclic) bond motifs is 2. The number of aromatic amines is 2. The van der Waals surface area contributed by atoms with Crippen molar-refractivity contribution in [3.63, 3.8) is 0 Å². The first-order valence-electron chi connectivity index (χ1n) is 8.29. The zero-order valence-corrected chi connectivity index (χ0v) is 14.1. The molecule has 0 bridgehead atoms. The molecule has 4 rings (SSSR count). The predicted octanol–water partition coefficient (Wildman–Crippen LogP) is 4.56. The van der Waals surface area contributed by atoms with Crippen molar-refractivity contribution in [1.29, 1.82) is 0 Å². The number of aliphatic hydroxyl groups is 1. The number of hydrogen-bond donors (Lipinski definition) is 3. The Kier molecular flexibility index (Phi) is 3.43. The summed E-state index contributed by atoms with van der Waals surface area (Å²) in [4.78, 5) is 11.1. The van der Waals surface area contributed by atoms with Gasteiger partial charge in [0.25, 0.3) is 0 Å². The van der Waals surface area contributed by atoms with Gasteiger partial charge in [0.05, 0.1) is 11.0 Å². The third kappa shape index (κ3) is 2.22. The topological polar surface area (TPSA) is 64.7 Å². The highest BCUT2D eigenvalue weighted by atomic mass is 16.3. The van der Waals surface area contributed by atoms with Crippen molar-refractivity contribution in [3.8, 4) is 0 Å². The number of imidazole rings is 1. The molecule has 4 nitrogen and oxygen atoms in total. The number of H-pyrrole nitrogens is 2. The zero-order chi connectivity index (χ0) is 16.8. The number of aliphatic hydroxyl groups excluding tert-OH is 1. The summed E-state index contributed by atoms with van der Waals surface area (Å²) in [7, 11) is 0. The molecule has 0 aliphatic carbocycles. The molecule has 0 spiro atoms. The van der Waals surface area contributed by atoms with Crippen LogP contribution in [0.5, 0.6) is 0 Å². The van der Waals surface area contributed by atoms with Crippen LogP contribution in [0.25, 0.3) is 21.9 Å². The Balaban J connectivity index is 1.95. The van der Waals surface area contributed by atoms with Gasteiger partial charge in [-0.15, -0.1) is 0 Å². The lowest BCUT2D eigenvalue weighted by atomic mass is 9.89. The summed E-state index contributed by atoms with van der Waals surface area (Å²) in [6.07, 6.45) is 1.14. The van der Waals surface area contributed by atoms with Crippen molar-refractivity contribution >= 4 is 21.9 Å². The van der Waals surface area contributed by atoms with Gasteiger partial charge >= 0.3 is 0 Å². The number of nitrogens with zero attached hydrogens (tertiary/aromatic N) is 1. The summed E-state index contributed by atoms with van der Waals surface area (Å²) in [6, 6.07) is 12.1. The molecule has 122 valence electrons. The number of rotatable bonds is 3. The van der Waals surface area contributed by atoms with Gasteiger partial charge < -0.3 is 15.1 Å². The van der Waals surface area contributed by atoms with Gasteiger partial charge in [0.15, 0.2) is 0 Å². The number of aryl methyl sites for hydroxylation is 1. The molecule has 1 unspecified atom stereocenters. The lowest BCUT2D eigenvalue weighted by molar-refractivity contribution is 0.211. The third-order valence-corrected chi connectivity index (χ3v) is 4.68. The standard InChI is InChI=1S/C20H21N3O/c1-11(2)14-10-12(3)18-13(8-9-21-18)17(14)19(24)20-22-15-6-4-5-7-16(15)23-20/h4-11,19,21,24H,1-3H3,(H,22,23). The number of para-hydroxylation sites is 2. The molecule has 1 atom stereocenters. The van der Waals surface area contributed by atoms with Crippen LogP contribution in [0.2, 0.25) is 0 Å². The van der Waals surface area contributed by atoms with Crippen LogP contribution in [-0.4, -0.2) is 20.1 Å². The molecule has 4 aromatic rings. The minimum atomic E-state index is -0.784. The quantitative estimate of drug-likeness (QED) is 0.518. The van der Waals surface area contributed by atoms with E-state index in [0.717, 1.165) is 33.1 Å². The molecule has 0 radical (unpaired) electrons. The highest BCUT2D eigenvalue weighted by Crippen LogP contribution is 2.36. The molecule has 2 heterocycles. The van der Waals surface area contributed by atoms with Crippen molar-refractivity contribution in [1.82, 2.24) is 15.0 Å². The molecule has 0 saturated carbocycles. The van der Waals surface area contributed by atoms with Crippen LogP contribution < -0.4 is 0 Å².